The summed E-state index contributed by atoms with van der Waals surface area (Å²) in [7, 11) is 0. The van der Waals surface area contributed by atoms with Crippen molar-refractivity contribution >= 4 is 0 Å². The number of hydrogen-bond acceptors (Lipinski definition) is 2. The second-order valence-electron chi connectivity index (χ2n) is 5.50. The molecule has 2 unspecified atom stereocenters. The van der Waals surface area contributed by atoms with E-state index >= 15 is 0 Å². The van der Waals surface area contributed by atoms with E-state index in [4.69, 9.17) is 5.73 Å². The van der Waals surface area contributed by atoms with Crippen LogP contribution in [0.25, 0.3) is 0 Å². The Bertz CT molecular complexity index is 344. The van der Waals surface area contributed by atoms with Gasteiger partial charge in [0, 0.05) is 19.6 Å². The van der Waals surface area contributed by atoms with Crippen LogP contribution in [0.2, 0.25) is 0 Å². The molecule has 0 aliphatic carbocycles. The van der Waals surface area contributed by atoms with E-state index in [0.717, 1.165) is 18.4 Å². The van der Waals surface area contributed by atoms with Gasteiger partial charge in [-0.2, -0.15) is 0 Å². The van der Waals surface area contributed by atoms with Crippen molar-refractivity contribution in [2.45, 2.75) is 33.4 Å². The van der Waals surface area contributed by atoms with Crippen LogP contribution in [-0.4, -0.2) is 18.0 Å². The molecular weight excluding hydrogens is 208 g/mol. The predicted molar refractivity (Wildman–Crippen MR) is 72.6 cm³/mol. The van der Waals surface area contributed by atoms with Gasteiger partial charge in [0.25, 0.3) is 0 Å². The molecule has 1 fully saturated rings. The summed E-state index contributed by atoms with van der Waals surface area (Å²) in [5.74, 6) is 1.71. The number of hydrogen-bond donors (Lipinski definition) is 1. The molecule has 1 aliphatic heterocycles. The standard InChI is InChI=1S/C15H24N2/c1-12-7-8-17(10-13(12)2)11-15-5-3-14(9-16)4-6-15/h3-6,12-13H,7-11,16H2,1-2H3. The van der Waals surface area contributed by atoms with Crippen LogP contribution in [0.3, 0.4) is 0 Å². The molecular formula is C15H24N2. The van der Waals surface area contributed by atoms with E-state index in [9.17, 15) is 0 Å². The Kier molecular flexibility index (Phi) is 4.19. The molecule has 1 aromatic carbocycles. The minimum Gasteiger partial charge on any atom is -0.326 e. The first-order chi connectivity index (χ1) is 8.19. The third-order valence-electron chi connectivity index (χ3n) is 4.08. The van der Waals surface area contributed by atoms with Crippen molar-refractivity contribution in [3.05, 3.63) is 35.4 Å². The first-order valence-corrected chi connectivity index (χ1v) is 6.69. The van der Waals surface area contributed by atoms with E-state index in [1.165, 1.54) is 30.6 Å². The molecule has 0 aromatic heterocycles. The smallest absolute Gasteiger partial charge is 0.0233 e. The predicted octanol–water partition coefficient (Wildman–Crippen LogP) is 2.62. The molecule has 2 atom stereocenters. The molecule has 17 heavy (non-hydrogen) atoms. The Morgan fingerprint density at radius 1 is 1.12 bits per heavy atom. The van der Waals surface area contributed by atoms with E-state index in [2.05, 4.69) is 43.0 Å². The van der Waals surface area contributed by atoms with Gasteiger partial charge in [0.15, 0.2) is 0 Å². The highest BCUT2D eigenvalue weighted by Gasteiger charge is 2.22. The molecule has 2 heteroatoms. The minimum absolute atomic E-state index is 0.637. The number of rotatable bonds is 3. The molecule has 1 heterocycles. The maximum absolute atomic E-state index is 5.61. The summed E-state index contributed by atoms with van der Waals surface area (Å²) >= 11 is 0. The zero-order valence-corrected chi connectivity index (χ0v) is 11.0. The van der Waals surface area contributed by atoms with E-state index < -0.39 is 0 Å². The molecule has 0 spiro atoms. The van der Waals surface area contributed by atoms with Gasteiger partial charge in [-0.3, -0.25) is 4.90 Å². The van der Waals surface area contributed by atoms with Crippen molar-refractivity contribution in [2.24, 2.45) is 17.6 Å². The van der Waals surface area contributed by atoms with Gasteiger partial charge >= 0.3 is 0 Å². The molecule has 2 rings (SSSR count). The van der Waals surface area contributed by atoms with Crippen LogP contribution in [0.4, 0.5) is 0 Å². The van der Waals surface area contributed by atoms with Gasteiger partial charge < -0.3 is 5.73 Å². The molecule has 2 N–H and O–H groups in total. The summed E-state index contributed by atoms with van der Waals surface area (Å²) in [6.07, 6.45) is 1.34. The van der Waals surface area contributed by atoms with Gasteiger partial charge in [0.05, 0.1) is 0 Å². The van der Waals surface area contributed by atoms with Crippen LogP contribution in [0.5, 0.6) is 0 Å². The quantitative estimate of drug-likeness (QED) is 0.868. The summed E-state index contributed by atoms with van der Waals surface area (Å²) in [6.45, 7) is 8.94. The van der Waals surface area contributed by atoms with Crippen molar-refractivity contribution in [2.75, 3.05) is 13.1 Å². The summed E-state index contributed by atoms with van der Waals surface area (Å²) < 4.78 is 0. The van der Waals surface area contributed by atoms with Gasteiger partial charge in [-0.15, -0.1) is 0 Å². The minimum atomic E-state index is 0.637. The molecule has 1 aliphatic rings. The Hall–Kier alpha value is -0.860. The summed E-state index contributed by atoms with van der Waals surface area (Å²) in [5, 5.41) is 0. The van der Waals surface area contributed by atoms with Crippen molar-refractivity contribution in [1.82, 2.24) is 4.90 Å². The molecule has 0 radical (unpaired) electrons. The van der Waals surface area contributed by atoms with Gasteiger partial charge in [0.1, 0.15) is 0 Å². The van der Waals surface area contributed by atoms with Crippen LogP contribution >= 0.6 is 0 Å². The van der Waals surface area contributed by atoms with Crippen LogP contribution in [0, 0.1) is 11.8 Å². The maximum Gasteiger partial charge on any atom is 0.0233 e. The molecule has 1 saturated heterocycles. The lowest BCUT2D eigenvalue weighted by Crippen LogP contribution is -2.37. The number of nitrogens with two attached hydrogens (primary N) is 1. The lowest BCUT2D eigenvalue weighted by Gasteiger charge is -2.35. The molecule has 94 valence electrons. The van der Waals surface area contributed by atoms with Gasteiger partial charge in [-0.25, -0.2) is 0 Å². The second-order valence-corrected chi connectivity index (χ2v) is 5.50. The second kappa shape index (κ2) is 5.65. The molecule has 1 aromatic rings. The van der Waals surface area contributed by atoms with Crippen molar-refractivity contribution in [3.8, 4) is 0 Å². The van der Waals surface area contributed by atoms with Crippen LogP contribution in [-0.2, 0) is 13.1 Å². The normalized spacial score (nSPS) is 26.1. The number of benzene rings is 1. The Labute approximate surface area is 105 Å². The maximum atomic E-state index is 5.61. The number of nitrogens with zero attached hydrogens (tertiary/aromatic N) is 1. The highest BCUT2D eigenvalue weighted by Crippen LogP contribution is 2.23. The number of piperidine rings is 1. The number of likely N-dealkylation sites (tertiary alicyclic amines) is 1. The van der Waals surface area contributed by atoms with Crippen LogP contribution in [0.1, 0.15) is 31.4 Å². The SMILES string of the molecule is CC1CCN(Cc2ccc(CN)cc2)CC1C. The van der Waals surface area contributed by atoms with E-state index in [-0.39, 0.29) is 0 Å². The first kappa shape index (κ1) is 12.6. The van der Waals surface area contributed by atoms with Crippen LogP contribution < -0.4 is 5.73 Å². The summed E-state index contributed by atoms with van der Waals surface area (Å²) in [4.78, 5) is 2.57. The third-order valence-corrected chi connectivity index (χ3v) is 4.08. The monoisotopic (exact) mass is 232 g/mol. The third kappa shape index (κ3) is 3.30. The molecule has 0 bridgehead atoms. The zero-order chi connectivity index (χ0) is 12.3. The van der Waals surface area contributed by atoms with Crippen molar-refractivity contribution < 1.29 is 0 Å². The Morgan fingerprint density at radius 3 is 2.35 bits per heavy atom. The molecule has 0 amide bonds. The van der Waals surface area contributed by atoms with Crippen molar-refractivity contribution in [1.29, 1.82) is 0 Å². The highest BCUT2D eigenvalue weighted by molar-refractivity contribution is 5.22. The van der Waals surface area contributed by atoms with E-state index in [1.807, 2.05) is 0 Å². The average molecular weight is 232 g/mol. The molecule has 0 saturated carbocycles. The topological polar surface area (TPSA) is 29.3 Å². The Morgan fingerprint density at radius 2 is 1.76 bits per heavy atom. The zero-order valence-electron chi connectivity index (χ0n) is 11.0. The van der Waals surface area contributed by atoms with Gasteiger partial charge in [-0.1, -0.05) is 38.1 Å². The van der Waals surface area contributed by atoms with E-state index in [1.54, 1.807) is 0 Å². The lowest BCUT2D eigenvalue weighted by molar-refractivity contribution is 0.132. The molecule has 2 nitrogen and oxygen atoms in total. The first-order valence-electron chi connectivity index (χ1n) is 6.69. The van der Waals surface area contributed by atoms with Gasteiger partial charge in [-0.05, 0) is 35.9 Å². The van der Waals surface area contributed by atoms with Crippen molar-refractivity contribution in [3.63, 3.8) is 0 Å². The fourth-order valence-corrected chi connectivity index (χ4v) is 2.53. The largest absolute Gasteiger partial charge is 0.326 e. The lowest BCUT2D eigenvalue weighted by atomic mass is 9.88. The summed E-state index contributed by atoms with van der Waals surface area (Å²) in [5.41, 5.74) is 8.23. The summed E-state index contributed by atoms with van der Waals surface area (Å²) in [6, 6.07) is 8.71. The van der Waals surface area contributed by atoms with E-state index in [0.29, 0.717) is 6.54 Å². The van der Waals surface area contributed by atoms with Crippen LogP contribution in [0.15, 0.2) is 24.3 Å². The highest BCUT2D eigenvalue weighted by atomic mass is 15.1. The Balaban J connectivity index is 1.92. The average Bonchev–Trinajstić information content (AvgIpc) is 2.35. The van der Waals surface area contributed by atoms with Gasteiger partial charge in [0.2, 0.25) is 0 Å². The fraction of sp³-hybridized carbons (Fsp3) is 0.600. The fourth-order valence-electron chi connectivity index (χ4n) is 2.53.